The Bertz CT molecular complexity index is 533. The van der Waals surface area contributed by atoms with E-state index in [1.807, 2.05) is 6.92 Å². The van der Waals surface area contributed by atoms with Gasteiger partial charge in [0, 0.05) is 20.0 Å². The molecular weight excluding hydrogens is 266 g/mol. The van der Waals surface area contributed by atoms with Crippen LogP contribution >= 0.6 is 11.3 Å². The van der Waals surface area contributed by atoms with Crippen LogP contribution in [0.4, 0.5) is 5.13 Å². The van der Waals surface area contributed by atoms with Crippen molar-refractivity contribution in [2.45, 2.75) is 26.3 Å². The molecule has 1 heterocycles. The molecule has 0 aliphatic rings. The summed E-state index contributed by atoms with van der Waals surface area (Å²) in [5.74, 6) is -0.862. The van der Waals surface area contributed by atoms with Crippen LogP contribution in [-0.2, 0) is 4.74 Å². The number of ketones is 1. The monoisotopic (exact) mass is 281 g/mol. The average Bonchev–Trinajstić information content (AvgIpc) is 2.82. The summed E-state index contributed by atoms with van der Waals surface area (Å²) in [5.41, 5.74) is 0.0333. The van der Waals surface area contributed by atoms with E-state index >= 15 is 0 Å². The Morgan fingerprint density at radius 2 is 2.21 bits per heavy atom. The minimum absolute atomic E-state index is 0.0333. The summed E-state index contributed by atoms with van der Waals surface area (Å²) in [4.78, 5) is 29.3. The van der Waals surface area contributed by atoms with Crippen molar-refractivity contribution in [1.29, 1.82) is 5.26 Å². The number of methoxy groups -OCH3 is 1. The van der Waals surface area contributed by atoms with E-state index in [4.69, 9.17) is 5.26 Å². The third-order valence-electron chi connectivity index (χ3n) is 2.66. The number of hydrogen-bond acceptors (Lipinski definition) is 7. The summed E-state index contributed by atoms with van der Waals surface area (Å²) in [6.45, 7) is 3.25. The summed E-state index contributed by atoms with van der Waals surface area (Å²) in [5, 5.41) is 9.21. The standard InChI is InChI=1S/C12H15N3O3S/c1-7(5-6-13)15(3)12-14-9(11(17)18-4)10(19-12)8(2)16/h7H,5H2,1-4H3. The van der Waals surface area contributed by atoms with Crippen molar-refractivity contribution in [1.82, 2.24) is 4.98 Å². The van der Waals surface area contributed by atoms with Gasteiger partial charge < -0.3 is 9.64 Å². The molecule has 1 unspecified atom stereocenters. The first-order valence-corrected chi connectivity index (χ1v) is 6.43. The lowest BCUT2D eigenvalue weighted by Gasteiger charge is -2.21. The molecule has 102 valence electrons. The zero-order valence-corrected chi connectivity index (χ0v) is 12.1. The quantitative estimate of drug-likeness (QED) is 0.605. The van der Waals surface area contributed by atoms with Crippen LogP contribution in [0.25, 0.3) is 0 Å². The van der Waals surface area contributed by atoms with Gasteiger partial charge in [-0.15, -0.1) is 0 Å². The van der Waals surface area contributed by atoms with Crippen molar-refractivity contribution in [3.05, 3.63) is 10.6 Å². The highest BCUT2D eigenvalue weighted by Gasteiger charge is 2.24. The Labute approximate surface area is 115 Å². The third kappa shape index (κ3) is 3.29. The first-order valence-electron chi connectivity index (χ1n) is 5.62. The van der Waals surface area contributed by atoms with Crippen molar-refractivity contribution >= 4 is 28.2 Å². The predicted octanol–water partition coefficient (Wildman–Crippen LogP) is 1.87. The maximum absolute atomic E-state index is 11.6. The van der Waals surface area contributed by atoms with Crippen LogP contribution in [0, 0.1) is 11.3 Å². The molecule has 0 aromatic carbocycles. The fraction of sp³-hybridized carbons (Fsp3) is 0.500. The zero-order chi connectivity index (χ0) is 14.6. The van der Waals surface area contributed by atoms with E-state index in [1.54, 1.807) is 11.9 Å². The molecule has 0 N–H and O–H groups in total. The van der Waals surface area contributed by atoms with E-state index in [0.29, 0.717) is 11.6 Å². The fourth-order valence-corrected chi connectivity index (χ4v) is 2.40. The number of rotatable bonds is 5. The molecule has 1 aromatic heterocycles. The molecule has 1 rings (SSSR count). The maximum Gasteiger partial charge on any atom is 0.358 e. The largest absolute Gasteiger partial charge is 0.464 e. The average molecular weight is 281 g/mol. The number of nitrogens with zero attached hydrogens (tertiary/aromatic N) is 3. The Balaban J connectivity index is 3.15. The molecule has 0 amide bonds. The Morgan fingerprint density at radius 1 is 1.58 bits per heavy atom. The van der Waals surface area contributed by atoms with Crippen molar-refractivity contribution < 1.29 is 14.3 Å². The lowest BCUT2D eigenvalue weighted by atomic mass is 10.2. The van der Waals surface area contributed by atoms with Crippen LogP contribution in [0.5, 0.6) is 0 Å². The van der Waals surface area contributed by atoms with Crippen LogP contribution < -0.4 is 4.90 Å². The van der Waals surface area contributed by atoms with Gasteiger partial charge in [0.25, 0.3) is 0 Å². The zero-order valence-electron chi connectivity index (χ0n) is 11.3. The molecule has 0 bridgehead atoms. The summed E-state index contributed by atoms with van der Waals surface area (Å²) >= 11 is 1.13. The summed E-state index contributed by atoms with van der Waals surface area (Å²) in [6, 6.07) is 2.02. The van der Waals surface area contributed by atoms with E-state index in [-0.39, 0.29) is 22.4 Å². The number of Topliss-reactive ketones (excluding diaryl/α,β-unsaturated/α-hetero) is 1. The highest BCUT2D eigenvalue weighted by molar-refractivity contribution is 7.17. The molecule has 0 saturated carbocycles. The van der Waals surface area contributed by atoms with Crippen LogP contribution in [0.15, 0.2) is 0 Å². The second kappa shape index (κ2) is 6.29. The summed E-state index contributed by atoms with van der Waals surface area (Å²) in [7, 11) is 3.01. The van der Waals surface area contributed by atoms with E-state index in [1.165, 1.54) is 14.0 Å². The van der Waals surface area contributed by atoms with Gasteiger partial charge in [-0.25, -0.2) is 9.78 Å². The predicted molar refractivity (Wildman–Crippen MR) is 71.6 cm³/mol. The van der Waals surface area contributed by atoms with Crippen LogP contribution in [-0.4, -0.2) is 36.9 Å². The lowest BCUT2D eigenvalue weighted by Crippen LogP contribution is -2.28. The molecule has 0 saturated heterocycles. The van der Waals surface area contributed by atoms with Crippen molar-refractivity contribution in [2.24, 2.45) is 0 Å². The molecule has 0 radical (unpaired) electrons. The number of thiazole rings is 1. The second-order valence-electron chi connectivity index (χ2n) is 4.04. The lowest BCUT2D eigenvalue weighted by molar-refractivity contribution is 0.0591. The molecule has 19 heavy (non-hydrogen) atoms. The molecule has 1 atom stereocenters. The highest BCUT2D eigenvalue weighted by atomic mass is 32.1. The number of carbonyl (C=O) groups is 2. The number of anilines is 1. The topological polar surface area (TPSA) is 83.3 Å². The summed E-state index contributed by atoms with van der Waals surface area (Å²) in [6.07, 6.45) is 0.332. The van der Waals surface area contributed by atoms with Crippen molar-refractivity contribution in [3.8, 4) is 6.07 Å². The SMILES string of the molecule is COC(=O)c1nc(N(C)C(C)CC#N)sc1C(C)=O. The van der Waals surface area contributed by atoms with Gasteiger partial charge in [0.15, 0.2) is 16.6 Å². The van der Waals surface area contributed by atoms with Gasteiger partial charge in [-0.3, -0.25) is 4.79 Å². The second-order valence-corrected chi connectivity index (χ2v) is 5.02. The van der Waals surface area contributed by atoms with Gasteiger partial charge in [0.2, 0.25) is 0 Å². The number of ether oxygens (including phenoxy) is 1. The van der Waals surface area contributed by atoms with Gasteiger partial charge in [0.1, 0.15) is 4.88 Å². The van der Waals surface area contributed by atoms with Crippen LogP contribution in [0.3, 0.4) is 0 Å². The van der Waals surface area contributed by atoms with Gasteiger partial charge in [-0.2, -0.15) is 5.26 Å². The molecule has 0 fully saturated rings. The van der Waals surface area contributed by atoms with Crippen LogP contribution in [0.2, 0.25) is 0 Å². The molecule has 0 aliphatic carbocycles. The van der Waals surface area contributed by atoms with Crippen molar-refractivity contribution in [3.63, 3.8) is 0 Å². The number of carbonyl (C=O) groups excluding carboxylic acids is 2. The number of esters is 1. The number of nitriles is 1. The molecule has 0 spiro atoms. The van der Waals surface area contributed by atoms with Gasteiger partial charge in [-0.05, 0) is 6.92 Å². The van der Waals surface area contributed by atoms with E-state index in [9.17, 15) is 9.59 Å². The molecule has 7 heteroatoms. The molecular formula is C12H15N3O3S. The first kappa shape index (κ1) is 15.1. The fourth-order valence-electron chi connectivity index (χ4n) is 1.39. The minimum Gasteiger partial charge on any atom is -0.464 e. The molecule has 6 nitrogen and oxygen atoms in total. The molecule has 1 aromatic rings. The van der Waals surface area contributed by atoms with E-state index in [2.05, 4.69) is 15.8 Å². The Hall–Kier alpha value is -1.94. The maximum atomic E-state index is 11.6. The molecule has 0 aliphatic heterocycles. The van der Waals surface area contributed by atoms with E-state index < -0.39 is 5.97 Å². The van der Waals surface area contributed by atoms with Gasteiger partial charge in [-0.1, -0.05) is 11.3 Å². The first-order chi connectivity index (χ1) is 8.92. The smallest absolute Gasteiger partial charge is 0.358 e. The number of hydrogen-bond donors (Lipinski definition) is 0. The van der Waals surface area contributed by atoms with Crippen molar-refractivity contribution in [2.75, 3.05) is 19.1 Å². The minimum atomic E-state index is -0.631. The van der Waals surface area contributed by atoms with Gasteiger partial charge in [0.05, 0.1) is 19.6 Å². The summed E-state index contributed by atoms with van der Waals surface area (Å²) < 4.78 is 4.61. The number of aromatic nitrogens is 1. The van der Waals surface area contributed by atoms with Crippen LogP contribution in [0.1, 0.15) is 40.4 Å². The third-order valence-corrected chi connectivity index (χ3v) is 3.91. The van der Waals surface area contributed by atoms with Gasteiger partial charge >= 0.3 is 5.97 Å². The Morgan fingerprint density at radius 3 is 2.68 bits per heavy atom. The van der Waals surface area contributed by atoms with E-state index in [0.717, 1.165) is 11.3 Å². The highest BCUT2D eigenvalue weighted by Crippen LogP contribution is 2.28. The normalized spacial score (nSPS) is 11.5. The Kier molecular flexibility index (Phi) is 5.01.